The molecule has 0 aliphatic carbocycles. The maximum atomic E-state index is 6.09. The van der Waals surface area contributed by atoms with E-state index in [1.807, 2.05) is 0 Å². The Balaban J connectivity index is 2.29. The van der Waals surface area contributed by atoms with E-state index in [9.17, 15) is 0 Å². The molecule has 0 radical (unpaired) electrons. The van der Waals surface area contributed by atoms with Crippen molar-refractivity contribution in [2.45, 2.75) is 63.6 Å². The number of rotatable bonds is 5. The molecule has 3 nitrogen and oxygen atoms in total. The highest BCUT2D eigenvalue weighted by Crippen LogP contribution is 2.22. The van der Waals surface area contributed by atoms with Crippen molar-refractivity contribution in [3.63, 3.8) is 0 Å². The second-order valence-corrected chi connectivity index (χ2v) is 4.42. The maximum absolute atomic E-state index is 6.09. The lowest BCUT2D eigenvalue weighted by Gasteiger charge is -2.36. The molecule has 0 aromatic heterocycles. The van der Waals surface area contributed by atoms with Gasteiger partial charge in [0.05, 0.1) is 11.8 Å². The Hall–Kier alpha value is -0.120. The molecule has 3 heteroatoms. The standard InChI is InChI=1S/C11H24N2O/c1-2-3-5-8-11(12,13)10-7-4-6-9-14-10/h10H,2-9,12-13H2,1H3. The van der Waals surface area contributed by atoms with Gasteiger partial charge in [-0.25, -0.2) is 0 Å². The summed E-state index contributed by atoms with van der Waals surface area (Å²) < 4.78 is 5.62. The first-order chi connectivity index (χ1) is 6.67. The summed E-state index contributed by atoms with van der Waals surface area (Å²) in [6, 6.07) is 0. The van der Waals surface area contributed by atoms with Crippen LogP contribution in [0, 0.1) is 0 Å². The monoisotopic (exact) mass is 200 g/mol. The average Bonchev–Trinajstić information content (AvgIpc) is 2.19. The first-order valence-corrected chi connectivity index (χ1v) is 5.86. The summed E-state index contributed by atoms with van der Waals surface area (Å²) in [5, 5.41) is 0. The second kappa shape index (κ2) is 5.69. The van der Waals surface area contributed by atoms with E-state index in [1.165, 1.54) is 19.3 Å². The lowest BCUT2D eigenvalue weighted by atomic mass is 9.92. The van der Waals surface area contributed by atoms with Gasteiger partial charge in [-0.3, -0.25) is 0 Å². The van der Waals surface area contributed by atoms with Gasteiger partial charge in [-0.1, -0.05) is 26.2 Å². The number of nitrogens with two attached hydrogens (primary N) is 2. The van der Waals surface area contributed by atoms with E-state index < -0.39 is 5.66 Å². The van der Waals surface area contributed by atoms with Crippen molar-refractivity contribution in [3.8, 4) is 0 Å². The van der Waals surface area contributed by atoms with Crippen LogP contribution in [-0.4, -0.2) is 18.4 Å². The molecule has 0 bridgehead atoms. The fourth-order valence-electron chi connectivity index (χ4n) is 2.01. The van der Waals surface area contributed by atoms with Crippen molar-refractivity contribution in [2.75, 3.05) is 6.61 Å². The summed E-state index contributed by atoms with van der Waals surface area (Å²) in [5.41, 5.74) is 11.6. The Bertz CT molecular complexity index is 153. The molecule has 1 unspecified atom stereocenters. The smallest absolute Gasteiger partial charge is 0.0906 e. The summed E-state index contributed by atoms with van der Waals surface area (Å²) in [4.78, 5) is 0. The molecule has 1 atom stereocenters. The molecule has 0 saturated carbocycles. The maximum Gasteiger partial charge on any atom is 0.0906 e. The van der Waals surface area contributed by atoms with Gasteiger partial charge in [0, 0.05) is 6.61 Å². The minimum atomic E-state index is -0.602. The molecule has 1 saturated heterocycles. The summed E-state index contributed by atoms with van der Waals surface area (Å²) in [7, 11) is 0. The minimum absolute atomic E-state index is 0.0770. The summed E-state index contributed by atoms with van der Waals surface area (Å²) in [5.74, 6) is 0. The van der Waals surface area contributed by atoms with Crippen LogP contribution in [0.25, 0.3) is 0 Å². The van der Waals surface area contributed by atoms with Crippen LogP contribution in [0.15, 0.2) is 0 Å². The molecule has 84 valence electrons. The van der Waals surface area contributed by atoms with Crippen LogP contribution in [0.5, 0.6) is 0 Å². The van der Waals surface area contributed by atoms with Gasteiger partial charge in [0.25, 0.3) is 0 Å². The van der Waals surface area contributed by atoms with E-state index in [0.717, 1.165) is 32.3 Å². The van der Waals surface area contributed by atoms with E-state index in [1.54, 1.807) is 0 Å². The van der Waals surface area contributed by atoms with Gasteiger partial charge < -0.3 is 16.2 Å². The molecule has 1 fully saturated rings. The normalized spacial score (nSPS) is 23.8. The highest BCUT2D eigenvalue weighted by atomic mass is 16.5. The zero-order chi connectivity index (χ0) is 10.4. The fraction of sp³-hybridized carbons (Fsp3) is 1.00. The van der Waals surface area contributed by atoms with Gasteiger partial charge in [-0.2, -0.15) is 0 Å². The summed E-state index contributed by atoms with van der Waals surface area (Å²) in [6.45, 7) is 3.01. The Morgan fingerprint density at radius 3 is 2.64 bits per heavy atom. The van der Waals surface area contributed by atoms with Crippen LogP contribution in [0.2, 0.25) is 0 Å². The van der Waals surface area contributed by atoms with Gasteiger partial charge >= 0.3 is 0 Å². The van der Waals surface area contributed by atoms with Gasteiger partial charge in [-0.05, 0) is 25.7 Å². The fourth-order valence-corrected chi connectivity index (χ4v) is 2.01. The molecule has 1 rings (SSSR count). The van der Waals surface area contributed by atoms with E-state index in [4.69, 9.17) is 16.2 Å². The summed E-state index contributed by atoms with van der Waals surface area (Å²) >= 11 is 0. The number of unbranched alkanes of at least 4 members (excludes halogenated alkanes) is 2. The predicted octanol–water partition coefficient (Wildman–Crippen LogP) is 1.75. The second-order valence-electron chi connectivity index (χ2n) is 4.42. The Morgan fingerprint density at radius 1 is 1.29 bits per heavy atom. The van der Waals surface area contributed by atoms with Crippen LogP contribution in [0.3, 0.4) is 0 Å². The van der Waals surface area contributed by atoms with Gasteiger partial charge in [0.1, 0.15) is 0 Å². The molecule has 0 spiro atoms. The number of ether oxygens (including phenoxy) is 1. The summed E-state index contributed by atoms with van der Waals surface area (Å²) in [6.07, 6.45) is 7.88. The van der Waals surface area contributed by atoms with Crippen molar-refractivity contribution in [3.05, 3.63) is 0 Å². The highest BCUT2D eigenvalue weighted by molar-refractivity contribution is 4.87. The first-order valence-electron chi connectivity index (χ1n) is 5.86. The molecular formula is C11H24N2O. The van der Waals surface area contributed by atoms with Crippen LogP contribution >= 0.6 is 0 Å². The largest absolute Gasteiger partial charge is 0.375 e. The molecule has 0 amide bonds. The highest BCUT2D eigenvalue weighted by Gasteiger charge is 2.32. The lowest BCUT2D eigenvalue weighted by molar-refractivity contribution is -0.0344. The third kappa shape index (κ3) is 3.56. The van der Waals surface area contributed by atoms with Crippen molar-refractivity contribution in [1.82, 2.24) is 0 Å². The number of hydrogen-bond donors (Lipinski definition) is 2. The zero-order valence-corrected chi connectivity index (χ0v) is 9.30. The third-order valence-corrected chi connectivity index (χ3v) is 2.99. The molecule has 1 aliphatic rings. The SMILES string of the molecule is CCCCCC(N)(N)C1CCCCO1. The van der Waals surface area contributed by atoms with Crippen molar-refractivity contribution >= 4 is 0 Å². The van der Waals surface area contributed by atoms with Gasteiger partial charge in [0.2, 0.25) is 0 Å². The van der Waals surface area contributed by atoms with Gasteiger partial charge in [0.15, 0.2) is 0 Å². The molecular weight excluding hydrogens is 176 g/mol. The van der Waals surface area contributed by atoms with E-state index >= 15 is 0 Å². The molecule has 0 aromatic rings. The van der Waals surface area contributed by atoms with E-state index in [2.05, 4.69) is 6.92 Å². The molecule has 1 heterocycles. The van der Waals surface area contributed by atoms with E-state index in [0.29, 0.717) is 0 Å². The third-order valence-electron chi connectivity index (χ3n) is 2.99. The first kappa shape index (κ1) is 12.0. The van der Waals surface area contributed by atoms with Crippen LogP contribution < -0.4 is 11.5 Å². The Kier molecular flexibility index (Phi) is 4.85. The Morgan fingerprint density at radius 2 is 2.07 bits per heavy atom. The molecule has 14 heavy (non-hydrogen) atoms. The molecule has 0 aromatic carbocycles. The van der Waals surface area contributed by atoms with Gasteiger partial charge in [-0.15, -0.1) is 0 Å². The molecule has 1 aliphatic heterocycles. The predicted molar refractivity (Wildman–Crippen MR) is 58.8 cm³/mol. The zero-order valence-electron chi connectivity index (χ0n) is 9.30. The quantitative estimate of drug-likeness (QED) is 0.525. The minimum Gasteiger partial charge on any atom is -0.375 e. The topological polar surface area (TPSA) is 61.3 Å². The van der Waals surface area contributed by atoms with Crippen molar-refractivity contribution < 1.29 is 4.74 Å². The number of hydrogen-bond acceptors (Lipinski definition) is 3. The molecule has 4 N–H and O–H groups in total. The van der Waals surface area contributed by atoms with Crippen molar-refractivity contribution in [1.29, 1.82) is 0 Å². The van der Waals surface area contributed by atoms with Crippen molar-refractivity contribution in [2.24, 2.45) is 11.5 Å². The lowest BCUT2D eigenvalue weighted by Crippen LogP contribution is -2.60. The van der Waals surface area contributed by atoms with E-state index in [-0.39, 0.29) is 6.10 Å². The van der Waals surface area contributed by atoms with Crippen LogP contribution in [0.4, 0.5) is 0 Å². The van der Waals surface area contributed by atoms with Crippen LogP contribution in [-0.2, 0) is 4.74 Å². The Labute approximate surface area is 87.2 Å². The van der Waals surface area contributed by atoms with Crippen LogP contribution in [0.1, 0.15) is 51.9 Å². The average molecular weight is 200 g/mol.